The third-order valence-corrected chi connectivity index (χ3v) is 6.34. The standard InChI is InChI=1S/C20H24N2O3S/c1-14-10-15(2)20(16(3)11-14)26(24,25)21-13-17-6-4-7-18(12-17)22-9-5-8-19(22)23/h4,6-7,10-12,21H,5,8-9,13H2,1-3H3. The summed E-state index contributed by atoms with van der Waals surface area (Å²) >= 11 is 0. The third kappa shape index (κ3) is 3.81. The van der Waals surface area contributed by atoms with Crippen molar-refractivity contribution >= 4 is 21.6 Å². The third-order valence-electron chi connectivity index (χ3n) is 4.64. The van der Waals surface area contributed by atoms with Gasteiger partial charge in [0.05, 0.1) is 4.90 Å². The van der Waals surface area contributed by atoms with E-state index in [2.05, 4.69) is 4.72 Å². The van der Waals surface area contributed by atoms with E-state index in [-0.39, 0.29) is 12.5 Å². The van der Waals surface area contributed by atoms with Crippen molar-refractivity contribution in [3.8, 4) is 0 Å². The zero-order valence-electron chi connectivity index (χ0n) is 15.4. The molecule has 0 aliphatic carbocycles. The fourth-order valence-corrected chi connectivity index (χ4v) is 5.06. The molecule has 3 rings (SSSR count). The SMILES string of the molecule is Cc1cc(C)c(S(=O)(=O)NCc2cccc(N3CCCC3=O)c2)c(C)c1. The number of hydrogen-bond acceptors (Lipinski definition) is 3. The van der Waals surface area contributed by atoms with Crippen molar-refractivity contribution < 1.29 is 13.2 Å². The highest BCUT2D eigenvalue weighted by Crippen LogP contribution is 2.24. The summed E-state index contributed by atoms with van der Waals surface area (Å²) in [6, 6.07) is 11.2. The predicted octanol–water partition coefficient (Wildman–Crippen LogP) is 3.22. The Morgan fingerprint density at radius 1 is 1.08 bits per heavy atom. The molecule has 26 heavy (non-hydrogen) atoms. The van der Waals surface area contributed by atoms with Gasteiger partial charge in [-0.2, -0.15) is 0 Å². The van der Waals surface area contributed by atoms with Crippen LogP contribution in [0.3, 0.4) is 0 Å². The van der Waals surface area contributed by atoms with E-state index in [0.717, 1.165) is 40.9 Å². The predicted molar refractivity (Wildman–Crippen MR) is 103 cm³/mol. The number of hydrogen-bond donors (Lipinski definition) is 1. The Balaban J connectivity index is 1.80. The van der Waals surface area contributed by atoms with Gasteiger partial charge in [0.2, 0.25) is 15.9 Å². The molecule has 1 aliphatic heterocycles. The van der Waals surface area contributed by atoms with Gasteiger partial charge in [-0.05, 0) is 56.0 Å². The molecule has 1 N–H and O–H groups in total. The van der Waals surface area contributed by atoms with Crippen LogP contribution >= 0.6 is 0 Å². The largest absolute Gasteiger partial charge is 0.312 e. The minimum absolute atomic E-state index is 0.119. The highest BCUT2D eigenvalue weighted by Gasteiger charge is 2.22. The van der Waals surface area contributed by atoms with E-state index in [1.165, 1.54) is 0 Å². The fourth-order valence-electron chi connectivity index (χ4n) is 3.60. The van der Waals surface area contributed by atoms with Crippen LogP contribution < -0.4 is 9.62 Å². The fraction of sp³-hybridized carbons (Fsp3) is 0.350. The minimum Gasteiger partial charge on any atom is -0.312 e. The van der Waals surface area contributed by atoms with Gasteiger partial charge in [-0.3, -0.25) is 4.79 Å². The number of anilines is 1. The lowest BCUT2D eigenvalue weighted by Crippen LogP contribution is -2.26. The molecule has 1 heterocycles. The van der Waals surface area contributed by atoms with Crippen LogP contribution in [-0.2, 0) is 21.4 Å². The summed E-state index contributed by atoms with van der Waals surface area (Å²) in [5.41, 5.74) is 4.18. The van der Waals surface area contributed by atoms with Gasteiger partial charge in [-0.1, -0.05) is 29.8 Å². The molecule has 0 bridgehead atoms. The first-order chi connectivity index (χ1) is 12.3. The average molecular weight is 372 g/mol. The Bertz CT molecular complexity index is 928. The summed E-state index contributed by atoms with van der Waals surface area (Å²) in [7, 11) is -3.61. The van der Waals surface area contributed by atoms with E-state index in [0.29, 0.717) is 11.3 Å². The maximum atomic E-state index is 12.8. The molecular weight excluding hydrogens is 348 g/mol. The molecule has 0 saturated carbocycles. The van der Waals surface area contributed by atoms with Crippen LogP contribution in [0.5, 0.6) is 0 Å². The van der Waals surface area contributed by atoms with Gasteiger partial charge in [0.25, 0.3) is 0 Å². The first kappa shape index (κ1) is 18.6. The molecule has 1 saturated heterocycles. The smallest absolute Gasteiger partial charge is 0.241 e. The number of nitrogens with one attached hydrogen (secondary N) is 1. The second-order valence-corrected chi connectivity index (χ2v) is 8.58. The normalized spacial score (nSPS) is 14.9. The number of rotatable bonds is 5. The summed E-state index contributed by atoms with van der Waals surface area (Å²) in [5.74, 6) is 0.119. The number of aryl methyl sites for hydroxylation is 3. The molecule has 1 fully saturated rings. The molecule has 6 heteroatoms. The van der Waals surface area contributed by atoms with Gasteiger partial charge in [0, 0.05) is 25.2 Å². The molecule has 0 spiro atoms. The van der Waals surface area contributed by atoms with E-state index in [9.17, 15) is 13.2 Å². The van der Waals surface area contributed by atoms with Gasteiger partial charge >= 0.3 is 0 Å². The molecule has 0 unspecified atom stereocenters. The van der Waals surface area contributed by atoms with E-state index < -0.39 is 10.0 Å². The zero-order chi connectivity index (χ0) is 18.9. The lowest BCUT2D eigenvalue weighted by atomic mass is 10.1. The van der Waals surface area contributed by atoms with E-state index >= 15 is 0 Å². The zero-order valence-corrected chi connectivity index (χ0v) is 16.2. The summed E-state index contributed by atoms with van der Waals surface area (Å²) in [6.45, 7) is 6.48. The number of benzene rings is 2. The average Bonchev–Trinajstić information content (AvgIpc) is 2.98. The van der Waals surface area contributed by atoms with Crippen molar-refractivity contribution in [3.05, 3.63) is 58.7 Å². The summed E-state index contributed by atoms with van der Waals surface area (Å²) in [5, 5.41) is 0. The van der Waals surface area contributed by atoms with Crippen LogP contribution in [0, 0.1) is 20.8 Å². The van der Waals surface area contributed by atoms with Crippen LogP contribution in [0.4, 0.5) is 5.69 Å². The lowest BCUT2D eigenvalue weighted by molar-refractivity contribution is -0.117. The molecular formula is C20H24N2O3S. The van der Waals surface area contributed by atoms with Gasteiger partial charge < -0.3 is 4.90 Å². The second-order valence-electron chi connectivity index (χ2n) is 6.87. The van der Waals surface area contributed by atoms with Crippen molar-refractivity contribution in [2.75, 3.05) is 11.4 Å². The van der Waals surface area contributed by atoms with Gasteiger partial charge in [0.1, 0.15) is 0 Å². The molecule has 1 aliphatic rings. The van der Waals surface area contributed by atoms with E-state index in [1.807, 2.05) is 57.2 Å². The van der Waals surface area contributed by atoms with Crippen molar-refractivity contribution in [2.24, 2.45) is 0 Å². The number of nitrogens with zero attached hydrogens (tertiary/aromatic N) is 1. The highest BCUT2D eigenvalue weighted by atomic mass is 32.2. The Hall–Kier alpha value is -2.18. The van der Waals surface area contributed by atoms with Crippen molar-refractivity contribution in [1.29, 1.82) is 0 Å². The van der Waals surface area contributed by atoms with E-state index in [4.69, 9.17) is 0 Å². The first-order valence-corrected chi connectivity index (χ1v) is 10.2. The number of amides is 1. The Kier molecular flexibility index (Phi) is 5.16. The van der Waals surface area contributed by atoms with Gasteiger partial charge in [0.15, 0.2) is 0 Å². The minimum atomic E-state index is -3.61. The van der Waals surface area contributed by atoms with Crippen LogP contribution in [0.25, 0.3) is 0 Å². The Morgan fingerprint density at radius 3 is 2.38 bits per heavy atom. The summed E-state index contributed by atoms with van der Waals surface area (Å²) in [4.78, 5) is 14.0. The molecule has 5 nitrogen and oxygen atoms in total. The van der Waals surface area contributed by atoms with Crippen LogP contribution in [0.2, 0.25) is 0 Å². The number of sulfonamides is 1. The maximum absolute atomic E-state index is 12.8. The number of carbonyl (C=O) groups is 1. The molecule has 138 valence electrons. The topological polar surface area (TPSA) is 66.5 Å². The summed E-state index contributed by atoms with van der Waals surface area (Å²) < 4.78 is 28.2. The van der Waals surface area contributed by atoms with Crippen LogP contribution in [0.15, 0.2) is 41.3 Å². The van der Waals surface area contributed by atoms with Crippen molar-refractivity contribution in [1.82, 2.24) is 4.72 Å². The molecule has 0 radical (unpaired) electrons. The van der Waals surface area contributed by atoms with Gasteiger partial charge in [-0.15, -0.1) is 0 Å². The van der Waals surface area contributed by atoms with Gasteiger partial charge in [-0.25, -0.2) is 13.1 Å². The van der Waals surface area contributed by atoms with Crippen LogP contribution in [0.1, 0.15) is 35.1 Å². The van der Waals surface area contributed by atoms with Crippen molar-refractivity contribution in [2.45, 2.75) is 45.1 Å². The maximum Gasteiger partial charge on any atom is 0.241 e. The molecule has 0 aromatic heterocycles. The monoisotopic (exact) mass is 372 g/mol. The highest BCUT2D eigenvalue weighted by molar-refractivity contribution is 7.89. The first-order valence-electron chi connectivity index (χ1n) is 8.75. The van der Waals surface area contributed by atoms with Crippen LogP contribution in [-0.4, -0.2) is 20.9 Å². The quantitative estimate of drug-likeness (QED) is 0.876. The number of carbonyl (C=O) groups excluding carboxylic acids is 1. The second kappa shape index (κ2) is 7.21. The lowest BCUT2D eigenvalue weighted by Gasteiger charge is -2.17. The van der Waals surface area contributed by atoms with E-state index in [1.54, 1.807) is 4.90 Å². The molecule has 0 atom stereocenters. The molecule has 1 amide bonds. The van der Waals surface area contributed by atoms with Crippen molar-refractivity contribution in [3.63, 3.8) is 0 Å². The molecule has 2 aromatic rings. The summed E-state index contributed by atoms with van der Waals surface area (Å²) in [6.07, 6.45) is 1.44. The Labute approximate surface area is 155 Å². The molecule has 2 aromatic carbocycles. The Morgan fingerprint density at radius 2 is 1.77 bits per heavy atom.